The van der Waals surface area contributed by atoms with Crippen LogP contribution < -0.4 is 5.32 Å². The Kier molecular flexibility index (Phi) is 3.19. The molecule has 2 unspecified atom stereocenters. The fourth-order valence-corrected chi connectivity index (χ4v) is 2.37. The van der Waals surface area contributed by atoms with Crippen molar-refractivity contribution in [2.75, 3.05) is 0 Å². The first kappa shape index (κ1) is 13.1. The van der Waals surface area contributed by atoms with E-state index in [9.17, 15) is 9.90 Å². The van der Waals surface area contributed by atoms with Crippen LogP contribution in [0.25, 0.3) is 0 Å². The van der Waals surface area contributed by atoms with Crippen LogP contribution in [0.5, 0.6) is 0 Å². The van der Waals surface area contributed by atoms with Crippen molar-refractivity contribution in [1.82, 2.24) is 15.1 Å². The predicted molar refractivity (Wildman–Crippen MR) is 68.2 cm³/mol. The van der Waals surface area contributed by atoms with Gasteiger partial charge in [0, 0.05) is 24.7 Å². The molecule has 2 N–H and O–H groups in total. The molecule has 0 aromatic carbocycles. The number of nitrogens with one attached hydrogen (secondary N) is 1. The van der Waals surface area contributed by atoms with Gasteiger partial charge in [-0.1, -0.05) is 20.8 Å². The molecule has 1 heterocycles. The number of nitrogens with zero attached hydrogens (tertiary/aromatic N) is 2. The molecule has 0 bridgehead atoms. The summed E-state index contributed by atoms with van der Waals surface area (Å²) >= 11 is 0. The molecule has 5 heteroatoms. The normalized spacial score (nSPS) is 25.6. The zero-order chi connectivity index (χ0) is 13.5. The second-order valence-corrected chi connectivity index (χ2v) is 5.62. The standard InChI is InChI=1S/C13H21N3O2/c1-5-9-8(7-16(4)15-9)12(18)14-10-6-11(17)13(10,2)3/h7,10-11,17H,5-6H2,1-4H3,(H,14,18). The molecule has 2 rings (SSSR count). The third-order valence-electron chi connectivity index (χ3n) is 4.01. The van der Waals surface area contributed by atoms with Crippen LogP contribution in [0.15, 0.2) is 6.20 Å². The van der Waals surface area contributed by atoms with Crippen LogP contribution in [0.3, 0.4) is 0 Å². The van der Waals surface area contributed by atoms with Gasteiger partial charge in [0.25, 0.3) is 5.91 Å². The number of aliphatic hydroxyl groups is 1. The second-order valence-electron chi connectivity index (χ2n) is 5.62. The lowest BCUT2D eigenvalue weighted by molar-refractivity contribution is -0.0689. The Bertz CT molecular complexity index is 465. The van der Waals surface area contributed by atoms with E-state index in [1.165, 1.54) is 0 Å². The lowest BCUT2D eigenvalue weighted by Crippen LogP contribution is -2.61. The van der Waals surface area contributed by atoms with Crippen LogP contribution in [0.4, 0.5) is 0 Å². The molecule has 1 aliphatic carbocycles. The van der Waals surface area contributed by atoms with E-state index in [0.29, 0.717) is 12.0 Å². The van der Waals surface area contributed by atoms with Gasteiger partial charge in [-0.15, -0.1) is 0 Å². The molecular weight excluding hydrogens is 230 g/mol. The third kappa shape index (κ3) is 2.03. The average molecular weight is 251 g/mol. The summed E-state index contributed by atoms with van der Waals surface area (Å²) in [7, 11) is 1.81. The summed E-state index contributed by atoms with van der Waals surface area (Å²) in [5, 5.41) is 16.9. The minimum atomic E-state index is -0.331. The fourth-order valence-electron chi connectivity index (χ4n) is 2.37. The van der Waals surface area contributed by atoms with Crippen molar-refractivity contribution in [2.45, 2.75) is 45.8 Å². The lowest BCUT2D eigenvalue weighted by atomic mass is 9.64. The van der Waals surface area contributed by atoms with Crippen molar-refractivity contribution in [2.24, 2.45) is 12.5 Å². The van der Waals surface area contributed by atoms with Gasteiger partial charge in [0.05, 0.1) is 17.4 Å². The van der Waals surface area contributed by atoms with Gasteiger partial charge in [-0.25, -0.2) is 0 Å². The number of aliphatic hydroxyl groups excluding tert-OH is 1. The number of aryl methyl sites for hydroxylation is 2. The van der Waals surface area contributed by atoms with E-state index in [0.717, 1.165) is 12.1 Å². The average Bonchev–Trinajstić information content (AvgIpc) is 2.70. The van der Waals surface area contributed by atoms with E-state index in [2.05, 4.69) is 10.4 Å². The van der Waals surface area contributed by atoms with Crippen molar-refractivity contribution in [3.8, 4) is 0 Å². The number of aromatic nitrogens is 2. The van der Waals surface area contributed by atoms with E-state index in [4.69, 9.17) is 0 Å². The highest BCUT2D eigenvalue weighted by Gasteiger charge is 2.48. The maximum atomic E-state index is 12.2. The predicted octanol–water partition coefficient (Wildman–Crippen LogP) is 0.872. The highest BCUT2D eigenvalue weighted by molar-refractivity contribution is 5.95. The Labute approximate surface area is 107 Å². The van der Waals surface area contributed by atoms with Crippen molar-refractivity contribution in [3.63, 3.8) is 0 Å². The molecule has 1 aromatic rings. The molecule has 5 nitrogen and oxygen atoms in total. The Balaban J connectivity index is 2.09. The van der Waals surface area contributed by atoms with Gasteiger partial charge in [-0.2, -0.15) is 5.10 Å². The Morgan fingerprint density at radius 1 is 1.67 bits per heavy atom. The van der Waals surface area contributed by atoms with E-state index in [1.807, 2.05) is 27.8 Å². The molecule has 1 fully saturated rings. The molecule has 1 saturated carbocycles. The molecule has 0 radical (unpaired) electrons. The Morgan fingerprint density at radius 3 is 2.83 bits per heavy atom. The van der Waals surface area contributed by atoms with E-state index < -0.39 is 0 Å². The molecule has 2 atom stereocenters. The maximum Gasteiger partial charge on any atom is 0.254 e. The molecule has 1 amide bonds. The van der Waals surface area contributed by atoms with E-state index in [-0.39, 0.29) is 23.5 Å². The van der Waals surface area contributed by atoms with Crippen molar-refractivity contribution >= 4 is 5.91 Å². The zero-order valence-electron chi connectivity index (χ0n) is 11.4. The van der Waals surface area contributed by atoms with Gasteiger partial charge >= 0.3 is 0 Å². The van der Waals surface area contributed by atoms with Crippen molar-refractivity contribution in [1.29, 1.82) is 0 Å². The molecule has 18 heavy (non-hydrogen) atoms. The van der Waals surface area contributed by atoms with Crippen LogP contribution in [-0.4, -0.2) is 32.9 Å². The summed E-state index contributed by atoms with van der Waals surface area (Å²) in [5.74, 6) is -0.0927. The minimum absolute atomic E-state index is 0.0323. The van der Waals surface area contributed by atoms with Gasteiger partial charge < -0.3 is 10.4 Å². The number of carbonyl (C=O) groups excluding carboxylic acids is 1. The van der Waals surface area contributed by atoms with Crippen molar-refractivity contribution in [3.05, 3.63) is 17.5 Å². The summed E-state index contributed by atoms with van der Waals surface area (Å²) in [6, 6.07) is 0.0323. The first-order valence-corrected chi connectivity index (χ1v) is 6.37. The Morgan fingerprint density at radius 2 is 2.33 bits per heavy atom. The number of amides is 1. The van der Waals surface area contributed by atoms with Gasteiger partial charge in [0.2, 0.25) is 0 Å². The summed E-state index contributed by atoms with van der Waals surface area (Å²) in [6.45, 7) is 5.92. The molecule has 100 valence electrons. The number of hydrogen-bond acceptors (Lipinski definition) is 3. The van der Waals surface area contributed by atoms with Crippen LogP contribution >= 0.6 is 0 Å². The smallest absolute Gasteiger partial charge is 0.254 e. The van der Waals surface area contributed by atoms with E-state index >= 15 is 0 Å². The first-order valence-electron chi connectivity index (χ1n) is 6.37. The van der Waals surface area contributed by atoms with Gasteiger partial charge in [0.1, 0.15) is 0 Å². The second kappa shape index (κ2) is 4.39. The maximum absolute atomic E-state index is 12.2. The summed E-state index contributed by atoms with van der Waals surface area (Å²) < 4.78 is 1.66. The van der Waals surface area contributed by atoms with Gasteiger partial charge in [-0.05, 0) is 12.8 Å². The molecule has 0 saturated heterocycles. The Hall–Kier alpha value is -1.36. The highest BCUT2D eigenvalue weighted by atomic mass is 16.3. The number of rotatable bonds is 3. The summed E-state index contributed by atoms with van der Waals surface area (Å²) in [4.78, 5) is 12.2. The number of carbonyl (C=O) groups is 1. The zero-order valence-corrected chi connectivity index (χ0v) is 11.4. The van der Waals surface area contributed by atoms with Crippen LogP contribution in [0.1, 0.15) is 43.2 Å². The summed E-state index contributed by atoms with van der Waals surface area (Å²) in [5.41, 5.74) is 1.20. The summed E-state index contributed by atoms with van der Waals surface area (Å²) in [6.07, 6.45) is 2.78. The lowest BCUT2D eigenvalue weighted by Gasteiger charge is -2.49. The van der Waals surface area contributed by atoms with Gasteiger partial charge in [0.15, 0.2) is 0 Å². The largest absolute Gasteiger partial charge is 0.392 e. The highest BCUT2D eigenvalue weighted by Crippen LogP contribution is 2.40. The molecular formula is C13H21N3O2. The quantitative estimate of drug-likeness (QED) is 0.837. The van der Waals surface area contributed by atoms with E-state index in [1.54, 1.807) is 10.9 Å². The number of hydrogen-bond donors (Lipinski definition) is 2. The molecule has 1 aromatic heterocycles. The first-order chi connectivity index (χ1) is 8.36. The van der Waals surface area contributed by atoms with Crippen LogP contribution in [0.2, 0.25) is 0 Å². The van der Waals surface area contributed by atoms with Gasteiger partial charge in [-0.3, -0.25) is 9.48 Å². The van der Waals surface area contributed by atoms with Crippen molar-refractivity contribution < 1.29 is 9.90 Å². The minimum Gasteiger partial charge on any atom is -0.392 e. The molecule has 1 aliphatic rings. The van der Waals surface area contributed by atoms with Crippen LogP contribution in [-0.2, 0) is 13.5 Å². The molecule has 0 spiro atoms. The monoisotopic (exact) mass is 251 g/mol. The molecule has 0 aliphatic heterocycles. The fraction of sp³-hybridized carbons (Fsp3) is 0.692. The third-order valence-corrected chi connectivity index (χ3v) is 4.01. The topological polar surface area (TPSA) is 67.2 Å². The SMILES string of the molecule is CCc1nn(C)cc1C(=O)NC1CC(O)C1(C)C. The van der Waals surface area contributed by atoms with Crippen LogP contribution in [0, 0.1) is 5.41 Å².